The smallest absolute Gasteiger partial charge is 0.246 e. The number of likely N-dealkylation sites (tertiary alicyclic amines) is 1. The van der Waals surface area contributed by atoms with Crippen molar-refractivity contribution >= 4 is 33.5 Å². The number of anilines is 1. The number of hydrogen-bond donors (Lipinski definition) is 2. The molecule has 0 aliphatic carbocycles. The van der Waals surface area contributed by atoms with E-state index in [0.717, 1.165) is 34.5 Å². The molecular formula is C25H21N5O. The van der Waals surface area contributed by atoms with E-state index in [1.54, 1.807) is 4.90 Å². The summed E-state index contributed by atoms with van der Waals surface area (Å²) < 4.78 is 0. The predicted octanol–water partition coefficient (Wildman–Crippen LogP) is 3.71. The van der Waals surface area contributed by atoms with Crippen LogP contribution in [0.25, 0.3) is 21.8 Å². The van der Waals surface area contributed by atoms with Gasteiger partial charge in [0.2, 0.25) is 5.91 Å². The molecule has 1 saturated heterocycles. The molecule has 4 aromatic rings. The standard InChI is InChI=1S/C25H21N5O/c1-2-23(31)30-12-11-21(15-30)29-25-22-14-20(28-24(22)26-16-27-25)10-8-17-7-9-18-5-3-4-6-19(18)13-17/h2-7,9,13-14,16,21H,1,11-12,15H2,(H2,26,27,28,29). The highest BCUT2D eigenvalue weighted by Gasteiger charge is 2.25. The Balaban J connectivity index is 1.38. The van der Waals surface area contributed by atoms with Crippen LogP contribution in [0.1, 0.15) is 17.7 Å². The van der Waals surface area contributed by atoms with Crippen LogP contribution in [0, 0.1) is 11.8 Å². The van der Waals surface area contributed by atoms with Gasteiger partial charge in [-0.15, -0.1) is 0 Å². The van der Waals surface area contributed by atoms with E-state index in [-0.39, 0.29) is 11.9 Å². The maximum atomic E-state index is 11.8. The summed E-state index contributed by atoms with van der Waals surface area (Å²) in [5.74, 6) is 7.14. The maximum absolute atomic E-state index is 11.8. The van der Waals surface area contributed by atoms with E-state index < -0.39 is 0 Å². The average molecular weight is 407 g/mol. The van der Waals surface area contributed by atoms with Crippen LogP contribution >= 0.6 is 0 Å². The van der Waals surface area contributed by atoms with E-state index in [4.69, 9.17) is 0 Å². The lowest BCUT2D eigenvalue weighted by Crippen LogP contribution is -2.30. The lowest BCUT2D eigenvalue weighted by atomic mass is 10.1. The second-order valence-corrected chi connectivity index (χ2v) is 7.60. The van der Waals surface area contributed by atoms with E-state index in [1.165, 1.54) is 23.2 Å². The molecule has 0 radical (unpaired) electrons. The second-order valence-electron chi connectivity index (χ2n) is 7.60. The first-order chi connectivity index (χ1) is 15.2. The van der Waals surface area contributed by atoms with Crippen LogP contribution in [0.4, 0.5) is 5.82 Å². The zero-order valence-electron chi connectivity index (χ0n) is 16.9. The van der Waals surface area contributed by atoms with Gasteiger partial charge in [0.15, 0.2) is 0 Å². The molecule has 6 nitrogen and oxygen atoms in total. The number of benzene rings is 2. The summed E-state index contributed by atoms with van der Waals surface area (Å²) in [4.78, 5) is 25.6. The zero-order valence-corrected chi connectivity index (χ0v) is 16.9. The van der Waals surface area contributed by atoms with Crippen molar-refractivity contribution < 1.29 is 4.79 Å². The average Bonchev–Trinajstić information content (AvgIpc) is 3.44. The third-order valence-electron chi connectivity index (χ3n) is 5.53. The van der Waals surface area contributed by atoms with Gasteiger partial charge in [0.05, 0.1) is 11.1 Å². The fourth-order valence-corrected chi connectivity index (χ4v) is 3.93. The summed E-state index contributed by atoms with van der Waals surface area (Å²) in [5.41, 5.74) is 2.47. The van der Waals surface area contributed by atoms with Crippen molar-refractivity contribution in [3.05, 3.63) is 78.8 Å². The Morgan fingerprint density at radius 1 is 1.16 bits per heavy atom. The molecule has 2 N–H and O–H groups in total. The normalized spacial score (nSPS) is 15.6. The highest BCUT2D eigenvalue weighted by atomic mass is 16.2. The topological polar surface area (TPSA) is 73.9 Å². The largest absolute Gasteiger partial charge is 0.365 e. The van der Waals surface area contributed by atoms with Gasteiger partial charge in [-0.1, -0.05) is 42.8 Å². The fourth-order valence-electron chi connectivity index (χ4n) is 3.93. The van der Waals surface area contributed by atoms with Gasteiger partial charge in [0.1, 0.15) is 17.8 Å². The number of rotatable bonds is 3. The first-order valence-corrected chi connectivity index (χ1v) is 10.2. The van der Waals surface area contributed by atoms with Crippen LogP contribution in [0.3, 0.4) is 0 Å². The van der Waals surface area contributed by atoms with Crippen molar-refractivity contribution in [3.8, 4) is 11.8 Å². The number of amides is 1. The van der Waals surface area contributed by atoms with E-state index >= 15 is 0 Å². The molecule has 1 fully saturated rings. The molecule has 3 heterocycles. The van der Waals surface area contributed by atoms with E-state index in [1.807, 2.05) is 24.3 Å². The molecular weight excluding hydrogens is 386 g/mol. The summed E-state index contributed by atoms with van der Waals surface area (Å²) in [7, 11) is 0. The van der Waals surface area contributed by atoms with Crippen LogP contribution in [0.2, 0.25) is 0 Å². The third-order valence-corrected chi connectivity index (χ3v) is 5.53. The number of fused-ring (bicyclic) bond motifs is 2. The minimum absolute atomic E-state index is 0.0370. The predicted molar refractivity (Wildman–Crippen MR) is 123 cm³/mol. The van der Waals surface area contributed by atoms with Gasteiger partial charge in [-0.25, -0.2) is 9.97 Å². The monoisotopic (exact) mass is 407 g/mol. The zero-order chi connectivity index (χ0) is 21.2. The fraction of sp³-hybridized carbons (Fsp3) is 0.160. The van der Waals surface area contributed by atoms with Crippen molar-refractivity contribution in [2.75, 3.05) is 18.4 Å². The Morgan fingerprint density at radius 3 is 2.90 bits per heavy atom. The quantitative estimate of drug-likeness (QED) is 0.401. The van der Waals surface area contributed by atoms with Crippen molar-refractivity contribution in [1.82, 2.24) is 19.9 Å². The summed E-state index contributed by atoms with van der Waals surface area (Å²) in [6.07, 6.45) is 3.76. The number of nitrogens with zero attached hydrogens (tertiary/aromatic N) is 3. The second kappa shape index (κ2) is 7.96. The molecule has 6 heteroatoms. The van der Waals surface area contributed by atoms with Gasteiger partial charge in [-0.2, -0.15) is 0 Å². The number of H-pyrrole nitrogens is 1. The van der Waals surface area contributed by atoms with Crippen molar-refractivity contribution in [3.63, 3.8) is 0 Å². The molecule has 0 saturated carbocycles. The molecule has 1 aliphatic rings. The van der Waals surface area contributed by atoms with Gasteiger partial charge in [-0.3, -0.25) is 4.79 Å². The Hall–Kier alpha value is -4.11. The first kappa shape index (κ1) is 18.9. The molecule has 0 spiro atoms. The van der Waals surface area contributed by atoms with Crippen LogP contribution in [-0.2, 0) is 4.79 Å². The minimum Gasteiger partial charge on any atom is -0.365 e. The molecule has 1 unspecified atom stereocenters. The number of carbonyl (C=O) groups excluding carboxylic acids is 1. The summed E-state index contributed by atoms with van der Waals surface area (Å²) in [5, 5.41) is 6.71. The van der Waals surface area contributed by atoms with E-state index in [0.29, 0.717) is 13.1 Å². The number of aromatic amines is 1. The number of aromatic nitrogens is 3. The van der Waals surface area contributed by atoms with Crippen molar-refractivity contribution in [2.45, 2.75) is 12.5 Å². The molecule has 31 heavy (non-hydrogen) atoms. The summed E-state index contributed by atoms with van der Waals surface area (Å²) in [6.45, 7) is 4.91. The maximum Gasteiger partial charge on any atom is 0.246 e. The van der Waals surface area contributed by atoms with Gasteiger partial charge < -0.3 is 15.2 Å². The Labute approximate surface area is 180 Å². The van der Waals surface area contributed by atoms with Crippen LogP contribution < -0.4 is 5.32 Å². The Bertz CT molecular complexity index is 1360. The minimum atomic E-state index is -0.0370. The molecule has 2 aromatic heterocycles. The van der Waals surface area contributed by atoms with Gasteiger partial charge >= 0.3 is 0 Å². The number of hydrogen-bond acceptors (Lipinski definition) is 4. The molecule has 0 bridgehead atoms. The van der Waals surface area contributed by atoms with Crippen LogP contribution in [-0.4, -0.2) is 44.9 Å². The molecule has 1 atom stereocenters. The molecule has 1 aliphatic heterocycles. The third kappa shape index (κ3) is 3.86. The first-order valence-electron chi connectivity index (χ1n) is 10.2. The molecule has 2 aromatic carbocycles. The van der Waals surface area contributed by atoms with Crippen LogP contribution in [0.5, 0.6) is 0 Å². The summed E-state index contributed by atoms with van der Waals surface area (Å²) in [6, 6.07) is 16.6. The summed E-state index contributed by atoms with van der Waals surface area (Å²) >= 11 is 0. The van der Waals surface area contributed by atoms with Gasteiger partial charge in [0.25, 0.3) is 0 Å². The van der Waals surface area contributed by atoms with E-state index in [2.05, 4.69) is 63.0 Å². The van der Waals surface area contributed by atoms with Gasteiger partial charge in [0, 0.05) is 24.7 Å². The van der Waals surface area contributed by atoms with Crippen LogP contribution in [0.15, 0.2) is 67.5 Å². The number of carbonyl (C=O) groups is 1. The highest BCUT2D eigenvalue weighted by molar-refractivity contribution is 5.89. The Morgan fingerprint density at radius 2 is 2.03 bits per heavy atom. The van der Waals surface area contributed by atoms with Crippen molar-refractivity contribution in [2.24, 2.45) is 0 Å². The molecule has 1 amide bonds. The van der Waals surface area contributed by atoms with E-state index in [9.17, 15) is 4.79 Å². The lowest BCUT2D eigenvalue weighted by Gasteiger charge is -2.15. The van der Waals surface area contributed by atoms with Gasteiger partial charge in [-0.05, 0) is 47.4 Å². The van der Waals surface area contributed by atoms with Crippen molar-refractivity contribution in [1.29, 1.82) is 0 Å². The number of nitrogens with one attached hydrogen (secondary N) is 2. The lowest BCUT2D eigenvalue weighted by molar-refractivity contribution is -0.125. The highest BCUT2D eigenvalue weighted by Crippen LogP contribution is 2.23. The SMILES string of the molecule is C=CC(=O)N1CCC(Nc2ncnc3[nH]c(C#Cc4ccc5ccccc5c4)cc23)C1. The Kier molecular flexibility index (Phi) is 4.85. The molecule has 5 rings (SSSR count). The molecule has 152 valence electrons.